The molecule has 0 atom stereocenters. The van der Waals surface area contributed by atoms with Gasteiger partial charge in [-0.05, 0) is 26.0 Å². The molecule has 0 spiro atoms. The number of aromatic hydroxyl groups is 1. The van der Waals surface area contributed by atoms with Crippen LogP contribution in [0.4, 0.5) is 20.8 Å². The lowest BCUT2D eigenvalue weighted by molar-refractivity contribution is 0.205. The Morgan fingerprint density at radius 2 is 2.10 bits per heavy atom. The van der Waals surface area contributed by atoms with Gasteiger partial charge in [-0.2, -0.15) is 0 Å². The third kappa shape index (κ3) is 3.47. The van der Waals surface area contributed by atoms with Gasteiger partial charge in [-0.1, -0.05) is 11.2 Å². The molecule has 1 aromatic heterocycles. The zero-order valence-corrected chi connectivity index (χ0v) is 11.0. The molecule has 2 rings (SSSR count). The molecular weight excluding hydrogens is 265 g/mol. The molecular formula is C13H14FN3O3. The van der Waals surface area contributed by atoms with E-state index in [2.05, 4.69) is 15.8 Å². The highest BCUT2D eigenvalue weighted by atomic mass is 19.1. The highest BCUT2D eigenvalue weighted by Gasteiger charge is 2.24. The fourth-order valence-electron chi connectivity index (χ4n) is 1.47. The van der Waals surface area contributed by atoms with E-state index in [1.54, 1.807) is 12.1 Å². The van der Waals surface area contributed by atoms with Crippen molar-refractivity contribution < 1.29 is 18.8 Å². The number of phenolic OH excluding ortho intramolecular Hbond substituents is 1. The number of anilines is 2. The molecule has 0 saturated heterocycles. The van der Waals surface area contributed by atoms with Crippen molar-refractivity contribution >= 4 is 17.6 Å². The number of halogens is 1. The summed E-state index contributed by atoms with van der Waals surface area (Å²) in [6, 6.07) is 6.78. The molecule has 106 valence electrons. The van der Waals surface area contributed by atoms with E-state index in [0.29, 0.717) is 5.69 Å². The zero-order chi connectivity index (χ0) is 14.8. The van der Waals surface area contributed by atoms with Crippen LogP contribution >= 0.6 is 0 Å². The fourth-order valence-corrected chi connectivity index (χ4v) is 1.47. The van der Waals surface area contributed by atoms with Crippen molar-refractivity contribution in [2.75, 3.05) is 10.6 Å². The molecule has 1 aromatic carbocycles. The zero-order valence-electron chi connectivity index (χ0n) is 11.0. The summed E-state index contributed by atoms with van der Waals surface area (Å²) in [6.07, 6.45) is 0. The average molecular weight is 279 g/mol. The maximum Gasteiger partial charge on any atom is 0.326 e. The van der Waals surface area contributed by atoms with E-state index in [9.17, 15) is 14.3 Å². The largest absolute Gasteiger partial charge is 0.508 e. The Balaban J connectivity index is 2.00. The third-order valence-electron chi connectivity index (χ3n) is 2.46. The van der Waals surface area contributed by atoms with Crippen LogP contribution in [0.25, 0.3) is 0 Å². The number of hydrogen-bond acceptors (Lipinski definition) is 4. The standard InChI is InChI=1S/C13H14FN3O3/c1-13(2,14)10-7-11(20-17-10)16-12(19)15-8-4-3-5-9(18)6-8/h3-7,18H,1-2H3,(H2,15,16,19). The summed E-state index contributed by atoms with van der Waals surface area (Å²) in [5, 5.41) is 17.7. The van der Waals surface area contributed by atoms with Crippen LogP contribution in [-0.4, -0.2) is 16.3 Å². The Morgan fingerprint density at radius 3 is 2.70 bits per heavy atom. The van der Waals surface area contributed by atoms with Crippen molar-refractivity contribution in [1.29, 1.82) is 0 Å². The predicted molar refractivity (Wildman–Crippen MR) is 71.4 cm³/mol. The molecule has 0 bridgehead atoms. The molecule has 3 N–H and O–H groups in total. The first-order valence-corrected chi connectivity index (χ1v) is 5.88. The summed E-state index contributed by atoms with van der Waals surface area (Å²) in [5.74, 6) is 0.0623. The van der Waals surface area contributed by atoms with E-state index < -0.39 is 11.7 Å². The van der Waals surface area contributed by atoms with Crippen LogP contribution in [0.15, 0.2) is 34.9 Å². The molecule has 1 heterocycles. The smallest absolute Gasteiger partial charge is 0.326 e. The van der Waals surface area contributed by atoms with Gasteiger partial charge in [0.1, 0.15) is 11.4 Å². The number of amides is 2. The van der Waals surface area contributed by atoms with Crippen LogP contribution in [-0.2, 0) is 5.67 Å². The molecule has 6 nitrogen and oxygen atoms in total. The van der Waals surface area contributed by atoms with Crippen LogP contribution in [0.5, 0.6) is 5.75 Å². The van der Waals surface area contributed by atoms with E-state index >= 15 is 0 Å². The van der Waals surface area contributed by atoms with Gasteiger partial charge in [0.2, 0.25) is 5.88 Å². The van der Waals surface area contributed by atoms with Crippen LogP contribution < -0.4 is 10.6 Å². The van der Waals surface area contributed by atoms with Crippen LogP contribution in [0.2, 0.25) is 0 Å². The molecule has 7 heteroatoms. The number of phenols is 1. The third-order valence-corrected chi connectivity index (χ3v) is 2.46. The number of carbonyl (C=O) groups excluding carboxylic acids is 1. The molecule has 2 amide bonds. The van der Waals surface area contributed by atoms with E-state index in [1.165, 1.54) is 32.0 Å². The minimum Gasteiger partial charge on any atom is -0.508 e. The van der Waals surface area contributed by atoms with Crippen molar-refractivity contribution in [3.63, 3.8) is 0 Å². The maximum atomic E-state index is 13.6. The van der Waals surface area contributed by atoms with Crippen LogP contribution in [0, 0.1) is 0 Å². The molecule has 0 radical (unpaired) electrons. The molecule has 20 heavy (non-hydrogen) atoms. The van der Waals surface area contributed by atoms with Gasteiger partial charge in [0.05, 0.1) is 0 Å². The van der Waals surface area contributed by atoms with Crippen LogP contribution in [0.3, 0.4) is 0 Å². The first-order valence-electron chi connectivity index (χ1n) is 5.88. The van der Waals surface area contributed by atoms with Crippen LogP contribution in [0.1, 0.15) is 19.5 Å². The summed E-state index contributed by atoms with van der Waals surface area (Å²) in [4.78, 5) is 11.7. The number of aromatic nitrogens is 1. The van der Waals surface area contributed by atoms with E-state index in [1.807, 2.05) is 0 Å². The summed E-state index contributed by atoms with van der Waals surface area (Å²) in [5.41, 5.74) is -1.15. The Hall–Kier alpha value is -2.57. The first-order chi connectivity index (χ1) is 9.34. The molecule has 0 unspecified atom stereocenters. The van der Waals surface area contributed by atoms with Gasteiger partial charge in [-0.3, -0.25) is 5.32 Å². The molecule has 0 aliphatic heterocycles. The lowest BCUT2D eigenvalue weighted by Gasteiger charge is -2.07. The molecule has 0 aliphatic carbocycles. The minimum atomic E-state index is -1.65. The van der Waals surface area contributed by atoms with Gasteiger partial charge in [0.15, 0.2) is 5.67 Å². The summed E-state index contributed by atoms with van der Waals surface area (Å²) in [7, 11) is 0. The highest BCUT2D eigenvalue weighted by Crippen LogP contribution is 2.25. The van der Waals surface area contributed by atoms with Crippen molar-refractivity contribution in [1.82, 2.24) is 5.16 Å². The number of hydrogen-bond donors (Lipinski definition) is 3. The minimum absolute atomic E-state index is 0.0309. The Bertz CT molecular complexity index is 619. The normalized spacial score (nSPS) is 11.2. The second-order valence-corrected chi connectivity index (χ2v) is 4.68. The number of rotatable bonds is 3. The topological polar surface area (TPSA) is 87.4 Å². The second-order valence-electron chi connectivity index (χ2n) is 4.68. The van der Waals surface area contributed by atoms with Gasteiger partial charge in [0, 0.05) is 17.8 Å². The van der Waals surface area contributed by atoms with E-state index in [0.717, 1.165) is 0 Å². The monoisotopic (exact) mass is 279 g/mol. The summed E-state index contributed by atoms with van der Waals surface area (Å²) < 4.78 is 18.4. The fraction of sp³-hybridized carbons (Fsp3) is 0.231. The number of alkyl halides is 1. The van der Waals surface area contributed by atoms with Gasteiger partial charge in [-0.15, -0.1) is 0 Å². The number of carbonyl (C=O) groups is 1. The number of urea groups is 1. The van der Waals surface area contributed by atoms with E-state index in [4.69, 9.17) is 4.52 Å². The highest BCUT2D eigenvalue weighted by molar-refractivity contribution is 5.98. The Kier molecular flexibility index (Phi) is 3.60. The van der Waals surface area contributed by atoms with Gasteiger partial charge in [0.25, 0.3) is 0 Å². The van der Waals surface area contributed by atoms with Crippen molar-refractivity contribution in [2.24, 2.45) is 0 Å². The number of benzene rings is 1. The van der Waals surface area contributed by atoms with Gasteiger partial charge in [-0.25, -0.2) is 9.18 Å². The SMILES string of the molecule is CC(C)(F)c1cc(NC(=O)Nc2cccc(O)c2)on1. The predicted octanol–water partition coefficient (Wildman–Crippen LogP) is 3.23. The second kappa shape index (κ2) is 5.20. The average Bonchev–Trinajstić information content (AvgIpc) is 2.76. The molecule has 2 aromatic rings. The molecule has 0 fully saturated rings. The number of nitrogens with one attached hydrogen (secondary N) is 2. The lowest BCUT2D eigenvalue weighted by Crippen LogP contribution is -2.19. The molecule has 0 aliphatic rings. The summed E-state index contributed by atoms with van der Waals surface area (Å²) in [6.45, 7) is 2.67. The molecule has 0 saturated carbocycles. The Morgan fingerprint density at radius 1 is 1.35 bits per heavy atom. The van der Waals surface area contributed by atoms with Crippen molar-refractivity contribution in [3.05, 3.63) is 36.0 Å². The Labute approximate surface area is 114 Å². The number of nitrogens with zero attached hydrogens (tertiary/aromatic N) is 1. The first kappa shape index (κ1) is 13.9. The summed E-state index contributed by atoms with van der Waals surface area (Å²) >= 11 is 0. The van der Waals surface area contributed by atoms with Crippen molar-refractivity contribution in [3.8, 4) is 5.75 Å². The van der Waals surface area contributed by atoms with Gasteiger partial charge < -0.3 is 14.9 Å². The maximum absolute atomic E-state index is 13.6. The van der Waals surface area contributed by atoms with Gasteiger partial charge >= 0.3 is 6.03 Å². The lowest BCUT2D eigenvalue weighted by atomic mass is 10.1. The van der Waals surface area contributed by atoms with Crippen molar-refractivity contribution in [2.45, 2.75) is 19.5 Å². The van der Waals surface area contributed by atoms with E-state index in [-0.39, 0.29) is 17.3 Å². The quantitative estimate of drug-likeness (QED) is 0.805.